The molecule has 0 heterocycles. The maximum atomic E-state index is 11.4. The highest BCUT2D eigenvalue weighted by Crippen LogP contribution is 2.14. The molecular weight excluding hydrogens is 194 g/mol. The number of hydrogen-bond acceptors (Lipinski definition) is 4. The molecule has 0 aliphatic rings. The first-order valence-electron chi connectivity index (χ1n) is 5.24. The molecule has 2 N–H and O–H groups in total. The molecule has 0 aromatic carbocycles. The average Bonchev–Trinajstić information content (AvgIpc) is 2.10. The SMILES string of the molecule is CCC(CC(=O)OC(C)(C)C)C(=O)CN. The van der Waals surface area contributed by atoms with Gasteiger partial charge in [0.1, 0.15) is 11.4 Å². The number of Topliss-reactive ketones (excluding diaryl/α,β-unsaturated/α-hetero) is 1. The number of esters is 1. The highest BCUT2D eigenvalue weighted by Gasteiger charge is 2.23. The predicted molar refractivity (Wildman–Crippen MR) is 58.3 cm³/mol. The lowest BCUT2D eigenvalue weighted by atomic mass is 9.97. The van der Waals surface area contributed by atoms with Crippen LogP contribution in [0.25, 0.3) is 0 Å². The third-order valence-corrected chi connectivity index (χ3v) is 1.98. The maximum absolute atomic E-state index is 11.4. The van der Waals surface area contributed by atoms with Gasteiger partial charge in [0.05, 0.1) is 13.0 Å². The molecule has 4 nitrogen and oxygen atoms in total. The van der Waals surface area contributed by atoms with E-state index in [1.807, 2.05) is 6.92 Å². The van der Waals surface area contributed by atoms with E-state index in [0.29, 0.717) is 6.42 Å². The van der Waals surface area contributed by atoms with Gasteiger partial charge < -0.3 is 10.5 Å². The molecule has 0 radical (unpaired) electrons. The van der Waals surface area contributed by atoms with Crippen molar-refractivity contribution in [2.24, 2.45) is 11.7 Å². The van der Waals surface area contributed by atoms with Crippen molar-refractivity contribution >= 4 is 11.8 Å². The minimum Gasteiger partial charge on any atom is -0.460 e. The average molecular weight is 215 g/mol. The van der Waals surface area contributed by atoms with Crippen molar-refractivity contribution in [3.05, 3.63) is 0 Å². The Labute approximate surface area is 91.2 Å². The maximum Gasteiger partial charge on any atom is 0.307 e. The zero-order valence-electron chi connectivity index (χ0n) is 10.0. The van der Waals surface area contributed by atoms with Gasteiger partial charge in [0.25, 0.3) is 0 Å². The lowest BCUT2D eigenvalue weighted by Crippen LogP contribution is -2.29. The first-order chi connectivity index (χ1) is 6.80. The predicted octanol–water partition coefficient (Wildman–Crippen LogP) is 1.27. The molecule has 15 heavy (non-hydrogen) atoms. The van der Waals surface area contributed by atoms with Crippen molar-refractivity contribution < 1.29 is 14.3 Å². The van der Waals surface area contributed by atoms with Gasteiger partial charge in [-0.15, -0.1) is 0 Å². The molecule has 0 aromatic heterocycles. The normalized spacial score (nSPS) is 13.4. The van der Waals surface area contributed by atoms with Crippen molar-refractivity contribution in [2.45, 2.75) is 46.1 Å². The molecule has 0 rings (SSSR count). The van der Waals surface area contributed by atoms with Crippen LogP contribution in [0.2, 0.25) is 0 Å². The monoisotopic (exact) mass is 215 g/mol. The number of nitrogens with two attached hydrogens (primary N) is 1. The van der Waals surface area contributed by atoms with Crippen LogP contribution >= 0.6 is 0 Å². The van der Waals surface area contributed by atoms with Crippen molar-refractivity contribution in [2.75, 3.05) is 6.54 Å². The Morgan fingerprint density at radius 1 is 1.33 bits per heavy atom. The van der Waals surface area contributed by atoms with Crippen LogP contribution in [0.3, 0.4) is 0 Å². The number of carbonyl (C=O) groups excluding carboxylic acids is 2. The number of ketones is 1. The van der Waals surface area contributed by atoms with Crippen molar-refractivity contribution in [3.63, 3.8) is 0 Å². The van der Waals surface area contributed by atoms with Gasteiger partial charge >= 0.3 is 5.97 Å². The molecular formula is C11H21NO3. The number of rotatable bonds is 5. The molecule has 4 heteroatoms. The molecule has 1 unspecified atom stereocenters. The summed E-state index contributed by atoms with van der Waals surface area (Å²) in [5.74, 6) is -0.718. The Bertz CT molecular complexity index is 230. The van der Waals surface area contributed by atoms with Crippen LogP contribution in [0.5, 0.6) is 0 Å². The van der Waals surface area contributed by atoms with E-state index in [-0.39, 0.29) is 30.6 Å². The molecule has 0 aliphatic heterocycles. The summed E-state index contributed by atoms with van der Waals surface area (Å²) in [6.07, 6.45) is 0.749. The highest BCUT2D eigenvalue weighted by molar-refractivity contribution is 5.86. The van der Waals surface area contributed by atoms with E-state index in [1.54, 1.807) is 20.8 Å². The van der Waals surface area contributed by atoms with Gasteiger partial charge in [-0.05, 0) is 27.2 Å². The summed E-state index contributed by atoms with van der Waals surface area (Å²) in [5, 5.41) is 0. The van der Waals surface area contributed by atoms with E-state index in [1.165, 1.54) is 0 Å². The summed E-state index contributed by atoms with van der Waals surface area (Å²) in [6, 6.07) is 0. The number of carbonyl (C=O) groups is 2. The Morgan fingerprint density at radius 3 is 2.20 bits per heavy atom. The molecule has 0 bridgehead atoms. The Kier molecular flexibility index (Phi) is 5.50. The summed E-state index contributed by atoms with van der Waals surface area (Å²) in [7, 11) is 0. The quantitative estimate of drug-likeness (QED) is 0.701. The van der Waals surface area contributed by atoms with E-state index in [0.717, 1.165) is 0 Å². The molecule has 0 fully saturated rings. The number of hydrogen-bond donors (Lipinski definition) is 1. The lowest BCUT2D eigenvalue weighted by Gasteiger charge is -2.21. The van der Waals surface area contributed by atoms with Gasteiger partial charge in [-0.2, -0.15) is 0 Å². The largest absolute Gasteiger partial charge is 0.460 e. The Hall–Kier alpha value is -0.900. The fraction of sp³-hybridized carbons (Fsp3) is 0.818. The van der Waals surface area contributed by atoms with Gasteiger partial charge in [0.15, 0.2) is 0 Å². The minimum absolute atomic E-state index is 0.0126. The van der Waals surface area contributed by atoms with Gasteiger partial charge in [-0.25, -0.2) is 0 Å². The van der Waals surface area contributed by atoms with Crippen LogP contribution < -0.4 is 5.73 Å². The van der Waals surface area contributed by atoms with Crippen molar-refractivity contribution in [3.8, 4) is 0 Å². The first kappa shape index (κ1) is 14.1. The van der Waals surface area contributed by atoms with Crippen LogP contribution in [0, 0.1) is 5.92 Å². The Morgan fingerprint density at radius 2 is 1.87 bits per heavy atom. The lowest BCUT2D eigenvalue weighted by molar-refractivity contribution is -0.157. The molecule has 88 valence electrons. The summed E-state index contributed by atoms with van der Waals surface area (Å²) >= 11 is 0. The van der Waals surface area contributed by atoms with Gasteiger partial charge in [-0.3, -0.25) is 9.59 Å². The van der Waals surface area contributed by atoms with E-state index >= 15 is 0 Å². The molecule has 0 spiro atoms. The fourth-order valence-corrected chi connectivity index (χ4v) is 1.24. The molecule has 1 atom stereocenters. The van der Waals surface area contributed by atoms with Crippen molar-refractivity contribution in [1.29, 1.82) is 0 Å². The molecule has 0 saturated heterocycles. The summed E-state index contributed by atoms with van der Waals surface area (Å²) in [4.78, 5) is 22.7. The fourth-order valence-electron chi connectivity index (χ4n) is 1.24. The van der Waals surface area contributed by atoms with Crippen LogP contribution in [0.1, 0.15) is 40.5 Å². The smallest absolute Gasteiger partial charge is 0.307 e. The third-order valence-electron chi connectivity index (χ3n) is 1.98. The number of ether oxygens (including phenoxy) is 1. The van der Waals surface area contributed by atoms with Gasteiger partial charge in [-0.1, -0.05) is 6.92 Å². The third kappa shape index (κ3) is 6.23. The van der Waals surface area contributed by atoms with Gasteiger partial charge in [0.2, 0.25) is 0 Å². The van der Waals surface area contributed by atoms with Crippen LogP contribution in [0.4, 0.5) is 0 Å². The topological polar surface area (TPSA) is 69.4 Å². The minimum atomic E-state index is -0.499. The zero-order chi connectivity index (χ0) is 12.1. The summed E-state index contributed by atoms with van der Waals surface area (Å²) in [6.45, 7) is 7.26. The van der Waals surface area contributed by atoms with Crippen LogP contribution in [-0.4, -0.2) is 23.9 Å². The summed E-state index contributed by atoms with van der Waals surface area (Å²) in [5.41, 5.74) is 4.75. The second-order valence-corrected chi connectivity index (χ2v) is 4.57. The second kappa shape index (κ2) is 5.85. The first-order valence-corrected chi connectivity index (χ1v) is 5.24. The van der Waals surface area contributed by atoms with Crippen molar-refractivity contribution in [1.82, 2.24) is 0 Å². The van der Waals surface area contributed by atoms with E-state index in [2.05, 4.69) is 0 Å². The zero-order valence-corrected chi connectivity index (χ0v) is 10.0. The van der Waals surface area contributed by atoms with E-state index in [9.17, 15) is 9.59 Å². The summed E-state index contributed by atoms with van der Waals surface area (Å²) < 4.78 is 5.13. The molecule has 0 amide bonds. The molecule has 0 aliphatic carbocycles. The molecule has 0 saturated carbocycles. The second-order valence-electron chi connectivity index (χ2n) is 4.57. The Balaban J connectivity index is 4.20. The van der Waals surface area contributed by atoms with Crippen LogP contribution in [0.15, 0.2) is 0 Å². The van der Waals surface area contributed by atoms with Crippen LogP contribution in [-0.2, 0) is 14.3 Å². The van der Waals surface area contributed by atoms with E-state index in [4.69, 9.17) is 10.5 Å². The standard InChI is InChI=1S/C11H21NO3/c1-5-8(9(13)7-12)6-10(14)15-11(2,3)4/h8H,5-7,12H2,1-4H3. The van der Waals surface area contributed by atoms with E-state index < -0.39 is 5.60 Å². The molecule has 0 aromatic rings. The van der Waals surface area contributed by atoms with Gasteiger partial charge in [0, 0.05) is 5.92 Å². The highest BCUT2D eigenvalue weighted by atomic mass is 16.6.